The highest BCUT2D eigenvalue weighted by atomic mass is 16.5. The maximum absolute atomic E-state index is 10.7. The van der Waals surface area contributed by atoms with E-state index in [1.807, 2.05) is 17.5 Å². The molecule has 1 aromatic rings. The van der Waals surface area contributed by atoms with Crippen molar-refractivity contribution in [2.45, 2.75) is 6.42 Å². The quantitative estimate of drug-likeness (QED) is 0.461. The van der Waals surface area contributed by atoms with Crippen molar-refractivity contribution < 1.29 is 25.0 Å². The first-order valence-electron chi connectivity index (χ1n) is 5.98. The molecule has 10 heteroatoms. The molecule has 0 saturated carbocycles. The van der Waals surface area contributed by atoms with Crippen LogP contribution in [0.5, 0.6) is 0 Å². The van der Waals surface area contributed by atoms with Crippen LogP contribution < -0.4 is 15.8 Å². The molecule has 0 radical (unpaired) electrons. The van der Waals surface area contributed by atoms with Crippen LogP contribution in [0.1, 0.15) is 6.42 Å². The van der Waals surface area contributed by atoms with E-state index in [0.717, 1.165) is 6.42 Å². The molecule has 1 aliphatic heterocycles. The smallest absolute Gasteiger partial charge is 0.434 e. The van der Waals surface area contributed by atoms with Gasteiger partial charge in [0.15, 0.2) is 5.82 Å². The first kappa shape index (κ1) is 14.4. The number of nitrogens with one attached hydrogen (secondary N) is 1. The van der Waals surface area contributed by atoms with Gasteiger partial charge in [-0.3, -0.25) is 5.32 Å². The van der Waals surface area contributed by atoms with E-state index in [-0.39, 0.29) is 10.5 Å². The van der Waals surface area contributed by atoms with Crippen LogP contribution >= 0.6 is 0 Å². The van der Waals surface area contributed by atoms with E-state index in [1.54, 1.807) is 4.90 Å². The number of hydrogen-bond acceptors (Lipinski definition) is 5. The summed E-state index contributed by atoms with van der Waals surface area (Å²) in [7, 11) is 0. The average molecular weight is 295 g/mol. The maximum atomic E-state index is 10.7. The normalized spacial score (nSPS) is 15.0. The lowest BCUT2D eigenvalue weighted by Gasteiger charge is -2.24. The summed E-state index contributed by atoms with van der Waals surface area (Å²) in [6.45, 7) is 1.18. The first-order chi connectivity index (χ1) is 9.97. The Bertz CT molecular complexity index is 665. The summed E-state index contributed by atoms with van der Waals surface area (Å²) in [5.41, 5.74) is -0.529. The number of amides is 2. The fourth-order valence-corrected chi connectivity index (χ4v) is 1.84. The van der Waals surface area contributed by atoms with Gasteiger partial charge in [-0.2, -0.15) is 4.98 Å². The monoisotopic (exact) mass is 295 g/mol. The lowest BCUT2D eigenvalue weighted by molar-refractivity contribution is 0.166. The summed E-state index contributed by atoms with van der Waals surface area (Å²) >= 11 is 0. The van der Waals surface area contributed by atoms with Crippen LogP contribution in [-0.4, -0.2) is 50.4 Å². The Kier molecular flexibility index (Phi) is 4.07. The van der Waals surface area contributed by atoms with Gasteiger partial charge in [0.1, 0.15) is 5.82 Å². The fourth-order valence-electron chi connectivity index (χ4n) is 1.84. The van der Waals surface area contributed by atoms with Crippen molar-refractivity contribution in [1.29, 1.82) is 0 Å². The number of anilines is 2. The molecule has 112 valence electrons. The highest BCUT2D eigenvalue weighted by molar-refractivity contribution is 5.82. The second kappa shape index (κ2) is 5.94. The number of aromatic nitrogens is 2. The van der Waals surface area contributed by atoms with Gasteiger partial charge in [0.05, 0.1) is 0 Å². The molecule has 2 heterocycles. The zero-order chi connectivity index (χ0) is 15.4. The summed E-state index contributed by atoms with van der Waals surface area (Å²) in [5, 5.41) is 29.1. The minimum atomic E-state index is -1.55. The first-order valence-corrected chi connectivity index (χ1v) is 5.98. The van der Waals surface area contributed by atoms with Gasteiger partial charge in [-0.05, 0) is 6.42 Å². The van der Waals surface area contributed by atoms with Crippen molar-refractivity contribution in [3.8, 4) is 0 Å². The predicted molar refractivity (Wildman–Crippen MR) is 70.6 cm³/mol. The molecule has 0 saturated heterocycles. The van der Waals surface area contributed by atoms with Gasteiger partial charge in [0.2, 0.25) is 0 Å². The summed E-state index contributed by atoms with van der Waals surface area (Å²) in [5.74, 6) is 0.0652. The molecule has 0 aliphatic carbocycles. The van der Waals surface area contributed by atoms with Crippen molar-refractivity contribution in [3.63, 3.8) is 0 Å². The van der Waals surface area contributed by atoms with Gasteiger partial charge in [-0.1, -0.05) is 12.2 Å². The maximum Gasteiger partial charge on any atom is 0.434 e. The van der Waals surface area contributed by atoms with E-state index < -0.39 is 17.8 Å². The van der Waals surface area contributed by atoms with Gasteiger partial charge < -0.3 is 20.3 Å². The summed E-state index contributed by atoms with van der Waals surface area (Å²) < 4.78 is 0.269. The molecule has 0 unspecified atom stereocenters. The molecule has 0 fully saturated rings. The standard InChI is InChI=1S/C11H13N5O5/c17-10(18)13-8-6-7(15-4-2-1-3-5-15)12-9(16(8)21)14-11(19)20/h1-2,6,13,21H,3-5H2,(H,17,18)(H,19,20). The number of rotatable bonds is 2. The van der Waals surface area contributed by atoms with Crippen molar-refractivity contribution in [3.05, 3.63) is 23.8 Å². The third kappa shape index (κ3) is 3.49. The molecule has 2 rings (SSSR count). The van der Waals surface area contributed by atoms with E-state index in [4.69, 9.17) is 10.2 Å². The van der Waals surface area contributed by atoms with E-state index in [9.17, 15) is 14.8 Å². The van der Waals surface area contributed by atoms with Crippen LogP contribution in [0.3, 0.4) is 0 Å². The molecule has 0 spiro atoms. The van der Waals surface area contributed by atoms with Crippen LogP contribution in [0.2, 0.25) is 0 Å². The third-order valence-corrected chi connectivity index (χ3v) is 2.71. The zero-order valence-electron chi connectivity index (χ0n) is 10.8. The average Bonchev–Trinajstić information content (AvgIpc) is 2.43. The van der Waals surface area contributed by atoms with Crippen LogP contribution in [0.4, 0.5) is 21.2 Å². The number of carbonyl (C=O) groups is 2. The molecule has 10 nitrogen and oxygen atoms in total. The van der Waals surface area contributed by atoms with Gasteiger partial charge >= 0.3 is 12.2 Å². The van der Waals surface area contributed by atoms with Crippen molar-refractivity contribution >= 4 is 23.8 Å². The Morgan fingerprint density at radius 1 is 1.33 bits per heavy atom. The molecular weight excluding hydrogens is 282 g/mol. The van der Waals surface area contributed by atoms with Crippen molar-refractivity contribution in [1.82, 2.24) is 9.71 Å². The number of nitrogens with zero attached hydrogens (tertiary/aromatic N) is 4. The molecule has 0 atom stereocenters. The summed E-state index contributed by atoms with van der Waals surface area (Å²) in [4.78, 5) is 30.2. The molecule has 21 heavy (non-hydrogen) atoms. The molecule has 2 amide bonds. The highest BCUT2D eigenvalue weighted by Gasteiger charge is 2.15. The van der Waals surface area contributed by atoms with Crippen LogP contribution in [-0.2, 0) is 0 Å². The third-order valence-electron chi connectivity index (χ3n) is 2.71. The Balaban J connectivity index is 2.52. The van der Waals surface area contributed by atoms with Gasteiger partial charge in [-0.15, -0.1) is 9.72 Å². The van der Waals surface area contributed by atoms with E-state index in [1.165, 1.54) is 6.07 Å². The highest BCUT2D eigenvalue weighted by Crippen LogP contribution is 2.16. The SMILES string of the molecule is O=C(O)N=c1nc(N2CC=CCC2)cc(NC(=O)O)n1O. The van der Waals surface area contributed by atoms with Crippen molar-refractivity contribution in [2.24, 2.45) is 4.99 Å². The molecular formula is C11H13N5O5. The van der Waals surface area contributed by atoms with Gasteiger partial charge in [-0.25, -0.2) is 9.59 Å². The number of carboxylic acid groups (broad SMARTS) is 2. The Hall–Kier alpha value is -3.04. The molecule has 1 aromatic heterocycles. The Morgan fingerprint density at radius 2 is 2.10 bits per heavy atom. The van der Waals surface area contributed by atoms with E-state index in [2.05, 4.69) is 9.98 Å². The summed E-state index contributed by atoms with van der Waals surface area (Å²) in [6.07, 6.45) is 1.72. The molecule has 1 aliphatic rings. The van der Waals surface area contributed by atoms with Gasteiger partial charge in [0.25, 0.3) is 5.62 Å². The largest absolute Gasteiger partial charge is 0.465 e. The minimum absolute atomic E-state index is 0.248. The molecule has 4 N–H and O–H groups in total. The van der Waals surface area contributed by atoms with Crippen LogP contribution in [0.15, 0.2) is 23.2 Å². The lowest BCUT2D eigenvalue weighted by atomic mass is 10.2. The van der Waals surface area contributed by atoms with Crippen molar-refractivity contribution in [2.75, 3.05) is 23.3 Å². The van der Waals surface area contributed by atoms with E-state index >= 15 is 0 Å². The molecule has 0 bridgehead atoms. The lowest BCUT2D eigenvalue weighted by Crippen LogP contribution is -2.34. The molecule has 0 aromatic carbocycles. The Morgan fingerprint density at radius 3 is 2.67 bits per heavy atom. The van der Waals surface area contributed by atoms with Gasteiger partial charge in [0, 0.05) is 19.2 Å². The van der Waals surface area contributed by atoms with Crippen LogP contribution in [0.25, 0.3) is 0 Å². The number of hydrogen-bond donors (Lipinski definition) is 4. The topological polar surface area (TPSA) is 140 Å². The fraction of sp³-hybridized carbons (Fsp3) is 0.273. The zero-order valence-corrected chi connectivity index (χ0v) is 10.8. The second-order valence-electron chi connectivity index (χ2n) is 4.14. The minimum Gasteiger partial charge on any atom is -0.465 e. The summed E-state index contributed by atoms with van der Waals surface area (Å²) in [6, 6.07) is 1.30. The van der Waals surface area contributed by atoms with Crippen LogP contribution in [0, 0.1) is 0 Å². The van der Waals surface area contributed by atoms with E-state index in [0.29, 0.717) is 18.9 Å². The Labute approximate surface area is 118 Å². The predicted octanol–water partition coefficient (Wildman–Crippen LogP) is 0.555. The second-order valence-corrected chi connectivity index (χ2v) is 4.14.